The molecule has 0 aliphatic heterocycles. The maximum absolute atomic E-state index is 12.5. The highest BCUT2D eigenvalue weighted by atomic mass is 32.2. The van der Waals surface area contributed by atoms with Crippen LogP contribution in [-0.4, -0.2) is 35.8 Å². The number of nitrogens with one attached hydrogen (secondary N) is 1. The number of hydrogen-bond donors (Lipinski definition) is 1. The number of aromatic nitrogens is 2. The van der Waals surface area contributed by atoms with Crippen molar-refractivity contribution in [3.63, 3.8) is 0 Å². The summed E-state index contributed by atoms with van der Waals surface area (Å²) in [6, 6.07) is 6.13. The number of H-pyrrole nitrogens is 1. The minimum absolute atomic E-state index is 0.0791. The van der Waals surface area contributed by atoms with E-state index < -0.39 is 10.0 Å². The lowest BCUT2D eigenvalue weighted by Crippen LogP contribution is -2.26. The van der Waals surface area contributed by atoms with Crippen molar-refractivity contribution in [2.45, 2.75) is 24.8 Å². The van der Waals surface area contributed by atoms with E-state index in [1.54, 1.807) is 31.5 Å². The number of benzene rings is 1. The van der Waals surface area contributed by atoms with Gasteiger partial charge in [0, 0.05) is 37.3 Å². The fourth-order valence-corrected chi connectivity index (χ4v) is 3.13. The highest BCUT2D eigenvalue weighted by molar-refractivity contribution is 7.89. The summed E-state index contributed by atoms with van der Waals surface area (Å²) >= 11 is 0. The molecule has 112 valence electrons. The lowest BCUT2D eigenvalue weighted by Gasteiger charge is -2.16. The first-order valence-electron chi connectivity index (χ1n) is 6.52. The van der Waals surface area contributed by atoms with Crippen molar-refractivity contribution in [2.24, 2.45) is 0 Å². The number of rotatable bonds is 6. The molecule has 1 aromatic carbocycles. The van der Waals surface area contributed by atoms with Gasteiger partial charge in [0.2, 0.25) is 10.0 Å². The van der Waals surface area contributed by atoms with Gasteiger partial charge < -0.3 is 0 Å². The highest BCUT2D eigenvalue weighted by Gasteiger charge is 2.22. The number of nitrogens with zero attached hydrogens (tertiary/aromatic N) is 2. The van der Waals surface area contributed by atoms with E-state index in [2.05, 4.69) is 10.2 Å². The predicted octanol–water partition coefficient (Wildman–Crippen LogP) is 1.82. The largest absolute Gasteiger partial charge is 0.294 e. The van der Waals surface area contributed by atoms with Gasteiger partial charge >= 0.3 is 0 Å². The summed E-state index contributed by atoms with van der Waals surface area (Å²) in [6.45, 7) is 1.96. The molecule has 0 saturated heterocycles. The molecule has 1 heterocycles. The molecule has 0 fully saturated rings. The van der Waals surface area contributed by atoms with Gasteiger partial charge in [-0.3, -0.25) is 9.89 Å². The van der Waals surface area contributed by atoms with Crippen molar-refractivity contribution in [2.75, 3.05) is 7.05 Å². The van der Waals surface area contributed by atoms with Crippen LogP contribution >= 0.6 is 0 Å². The van der Waals surface area contributed by atoms with Crippen LogP contribution in [0.5, 0.6) is 0 Å². The molecule has 0 radical (unpaired) electrons. The molecule has 0 atom stereocenters. The van der Waals surface area contributed by atoms with Crippen LogP contribution in [0.3, 0.4) is 0 Å². The number of carbonyl (C=O) groups is 1. The first kappa shape index (κ1) is 15.4. The molecule has 2 rings (SSSR count). The van der Waals surface area contributed by atoms with Gasteiger partial charge in [0.05, 0.1) is 11.1 Å². The Labute approximate surface area is 123 Å². The number of Topliss-reactive ketones (excluding diaryl/α,β-unsaturated/α-hetero) is 1. The van der Waals surface area contributed by atoms with Crippen LogP contribution in [0.25, 0.3) is 0 Å². The Morgan fingerprint density at radius 1 is 1.38 bits per heavy atom. The predicted molar refractivity (Wildman–Crippen MR) is 78.3 cm³/mol. The topological polar surface area (TPSA) is 83.1 Å². The first-order valence-corrected chi connectivity index (χ1v) is 7.96. The SMILES string of the molecule is CCC(=O)c1cccc(S(=O)(=O)N(C)Cc2cn[nH]c2)c1. The summed E-state index contributed by atoms with van der Waals surface area (Å²) in [5, 5.41) is 6.43. The van der Waals surface area contributed by atoms with Crippen LogP contribution in [0.4, 0.5) is 0 Å². The van der Waals surface area contributed by atoms with Crippen LogP contribution in [0.1, 0.15) is 29.3 Å². The maximum atomic E-state index is 12.5. The zero-order valence-corrected chi connectivity index (χ0v) is 12.7. The maximum Gasteiger partial charge on any atom is 0.243 e. The third kappa shape index (κ3) is 3.37. The van der Waals surface area contributed by atoms with Crippen molar-refractivity contribution in [3.05, 3.63) is 47.8 Å². The van der Waals surface area contributed by atoms with Crippen molar-refractivity contribution in [1.29, 1.82) is 0 Å². The monoisotopic (exact) mass is 307 g/mol. The van der Waals surface area contributed by atoms with E-state index >= 15 is 0 Å². The highest BCUT2D eigenvalue weighted by Crippen LogP contribution is 2.18. The second kappa shape index (κ2) is 6.19. The van der Waals surface area contributed by atoms with E-state index in [1.165, 1.54) is 23.5 Å². The minimum atomic E-state index is -3.64. The Morgan fingerprint density at radius 2 is 2.14 bits per heavy atom. The zero-order valence-electron chi connectivity index (χ0n) is 11.9. The molecule has 0 bridgehead atoms. The second-order valence-corrected chi connectivity index (χ2v) is 6.72. The Bertz CT molecular complexity index is 724. The van der Waals surface area contributed by atoms with Gasteiger partial charge in [0.15, 0.2) is 5.78 Å². The van der Waals surface area contributed by atoms with Crippen molar-refractivity contribution in [1.82, 2.24) is 14.5 Å². The Kier molecular flexibility index (Phi) is 4.54. The molecule has 2 aromatic rings. The summed E-state index contributed by atoms with van der Waals surface area (Å²) in [6.07, 6.45) is 3.56. The van der Waals surface area contributed by atoms with Gasteiger partial charge in [-0.25, -0.2) is 8.42 Å². The van der Waals surface area contributed by atoms with E-state index in [0.717, 1.165) is 5.56 Å². The minimum Gasteiger partial charge on any atom is -0.294 e. The number of ketones is 1. The molecule has 0 aliphatic carbocycles. The summed E-state index contributed by atoms with van der Waals surface area (Å²) in [5.41, 5.74) is 1.18. The fourth-order valence-electron chi connectivity index (χ4n) is 1.92. The van der Waals surface area contributed by atoms with Crippen LogP contribution in [0, 0.1) is 0 Å². The summed E-state index contributed by atoms with van der Waals surface area (Å²) in [7, 11) is -2.14. The summed E-state index contributed by atoms with van der Waals surface area (Å²) in [4.78, 5) is 11.8. The molecule has 21 heavy (non-hydrogen) atoms. The summed E-state index contributed by atoms with van der Waals surface area (Å²) in [5.74, 6) is -0.0791. The van der Waals surface area contributed by atoms with Gasteiger partial charge in [-0.15, -0.1) is 0 Å². The van der Waals surface area contributed by atoms with Gasteiger partial charge in [0.1, 0.15) is 0 Å². The molecule has 1 N–H and O–H groups in total. The molecular weight excluding hydrogens is 290 g/mol. The molecule has 7 heteroatoms. The average molecular weight is 307 g/mol. The normalized spacial score (nSPS) is 11.8. The molecule has 6 nitrogen and oxygen atoms in total. The fraction of sp³-hybridized carbons (Fsp3) is 0.286. The van der Waals surface area contributed by atoms with Gasteiger partial charge in [-0.2, -0.15) is 9.40 Å². The molecule has 0 saturated carbocycles. The third-order valence-corrected chi connectivity index (χ3v) is 4.94. The number of sulfonamides is 1. The zero-order chi connectivity index (χ0) is 15.5. The van der Waals surface area contributed by atoms with Gasteiger partial charge in [0.25, 0.3) is 0 Å². The number of carbonyl (C=O) groups excluding carboxylic acids is 1. The van der Waals surface area contributed by atoms with Gasteiger partial charge in [-0.05, 0) is 12.1 Å². The van der Waals surface area contributed by atoms with E-state index in [9.17, 15) is 13.2 Å². The quantitative estimate of drug-likeness (QED) is 0.825. The molecule has 0 spiro atoms. The molecular formula is C14H17N3O3S. The second-order valence-electron chi connectivity index (χ2n) is 4.67. The van der Waals surface area contributed by atoms with E-state index in [-0.39, 0.29) is 17.2 Å². The molecule has 0 amide bonds. The van der Waals surface area contributed by atoms with E-state index in [1.807, 2.05) is 0 Å². The Morgan fingerprint density at radius 3 is 2.76 bits per heavy atom. The summed E-state index contributed by atoms with van der Waals surface area (Å²) < 4.78 is 26.2. The smallest absolute Gasteiger partial charge is 0.243 e. The van der Waals surface area contributed by atoms with E-state index in [0.29, 0.717) is 12.0 Å². The molecule has 0 aliphatic rings. The molecule has 0 unspecified atom stereocenters. The van der Waals surface area contributed by atoms with Crippen molar-refractivity contribution < 1.29 is 13.2 Å². The lowest BCUT2D eigenvalue weighted by atomic mass is 10.1. The van der Waals surface area contributed by atoms with Crippen LogP contribution in [-0.2, 0) is 16.6 Å². The lowest BCUT2D eigenvalue weighted by molar-refractivity contribution is 0.0988. The van der Waals surface area contributed by atoms with Crippen LogP contribution in [0.15, 0.2) is 41.6 Å². The Hall–Kier alpha value is -1.99. The van der Waals surface area contributed by atoms with Crippen molar-refractivity contribution >= 4 is 15.8 Å². The number of hydrogen-bond acceptors (Lipinski definition) is 4. The number of aromatic amines is 1. The molecule has 1 aromatic heterocycles. The Balaban J connectivity index is 2.28. The third-order valence-electron chi connectivity index (χ3n) is 3.15. The average Bonchev–Trinajstić information content (AvgIpc) is 2.99. The van der Waals surface area contributed by atoms with Crippen LogP contribution < -0.4 is 0 Å². The van der Waals surface area contributed by atoms with Crippen molar-refractivity contribution in [3.8, 4) is 0 Å². The first-order chi connectivity index (χ1) is 9.95. The standard InChI is InChI=1S/C14H17N3O3S/c1-3-14(18)12-5-4-6-13(7-12)21(19,20)17(2)10-11-8-15-16-9-11/h4-9H,3,10H2,1-2H3,(H,15,16). The van der Waals surface area contributed by atoms with Gasteiger partial charge in [-0.1, -0.05) is 19.1 Å². The van der Waals surface area contributed by atoms with Crippen LogP contribution in [0.2, 0.25) is 0 Å². The van der Waals surface area contributed by atoms with E-state index in [4.69, 9.17) is 0 Å².